The fraction of sp³-hybridized carbons (Fsp3) is 0.400. The summed E-state index contributed by atoms with van der Waals surface area (Å²) in [6, 6.07) is 4.33. The number of aromatic nitrogens is 2. The predicted molar refractivity (Wildman–Crippen MR) is 94.1 cm³/mol. The first-order chi connectivity index (χ1) is 11.8. The number of carbonyl (C=O) groups excluding carboxylic acids is 1. The van der Waals surface area contributed by atoms with Crippen molar-refractivity contribution in [3.63, 3.8) is 0 Å². The molecule has 1 aromatic carbocycles. The van der Waals surface area contributed by atoms with E-state index in [1.807, 2.05) is 6.92 Å². The molecule has 2 N–H and O–H groups in total. The van der Waals surface area contributed by atoms with Crippen molar-refractivity contribution in [2.24, 2.45) is 0 Å². The zero-order chi connectivity index (χ0) is 18.4. The molecule has 1 heterocycles. The number of thioether (sulfide) groups is 1. The average Bonchev–Trinajstić information content (AvgIpc) is 3.00. The van der Waals surface area contributed by atoms with E-state index in [4.69, 9.17) is 0 Å². The van der Waals surface area contributed by atoms with Crippen molar-refractivity contribution in [3.8, 4) is 0 Å². The molecule has 0 saturated carbocycles. The summed E-state index contributed by atoms with van der Waals surface area (Å²) in [6.07, 6.45) is -3.43. The number of carbonyl (C=O) groups is 1. The Kier molecular flexibility index (Phi) is 6.65. The summed E-state index contributed by atoms with van der Waals surface area (Å²) in [5.74, 6) is -0.317. The van der Waals surface area contributed by atoms with E-state index in [2.05, 4.69) is 20.8 Å². The third-order valence-corrected chi connectivity index (χ3v) is 5.12. The molecule has 0 bridgehead atoms. The minimum absolute atomic E-state index is 0.313. The highest BCUT2D eigenvalue weighted by molar-refractivity contribution is 8.02. The lowest BCUT2D eigenvalue weighted by Crippen LogP contribution is -2.22. The van der Waals surface area contributed by atoms with Crippen LogP contribution in [0.1, 0.15) is 25.8 Å². The zero-order valence-corrected chi connectivity index (χ0v) is 15.2. The van der Waals surface area contributed by atoms with Gasteiger partial charge in [-0.3, -0.25) is 4.79 Å². The summed E-state index contributed by atoms with van der Waals surface area (Å²) in [5, 5.41) is 13.9. The number of amides is 1. The van der Waals surface area contributed by atoms with Crippen molar-refractivity contribution >= 4 is 39.8 Å². The van der Waals surface area contributed by atoms with Crippen LogP contribution in [0.3, 0.4) is 0 Å². The average molecular weight is 390 g/mol. The maximum Gasteiger partial charge on any atom is 0.416 e. The maximum absolute atomic E-state index is 12.5. The van der Waals surface area contributed by atoms with Crippen molar-refractivity contribution in [2.45, 2.75) is 36.0 Å². The van der Waals surface area contributed by atoms with E-state index in [-0.39, 0.29) is 5.91 Å². The van der Waals surface area contributed by atoms with Crippen LogP contribution in [0.5, 0.6) is 0 Å². The second kappa shape index (κ2) is 8.52. The molecule has 10 heteroatoms. The van der Waals surface area contributed by atoms with Gasteiger partial charge in [-0.2, -0.15) is 13.2 Å². The molecule has 0 saturated heterocycles. The van der Waals surface area contributed by atoms with Crippen LogP contribution in [-0.4, -0.2) is 27.9 Å². The Morgan fingerprint density at radius 1 is 1.28 bits per heavy atom. The van der Waals surface area contributed by atoms with Crippen molar-refractivity contribution in [2.75, 3.05) is 17.2 Å². The first kappa shape index (κ1) is 19.5. The summed E-state index contributed by atoms with van der Waals surface area (Å²) < 4.78 is 38.2. The van der Waals surface area contributed by atoms with Gasteiger partial charge in [0.1, 0.15) is 0 Å². The Hall–Kier alpha value is -1.81. The first-order valence-corrected chi connectivity index (χ1v) is 9.21. The second-order valence-electron chi connectivity index (χ2n) is 5.12. The summed E-state index contributed by atoms with van der Waals surface area (Å²) in [5.41, 5.74) is -0.443. The van der Waals surface area contributed by atoms with Gasteiger partial charge in [0.25, 0.3) is 0 Å². The van der Waals surface area contributed by atoms with E-state index in [1.165, 1.54) is 35.2 Å². The smallest absolute Gasteiger partial charge is 0.360 e. The molecule has 0 aliphatic heterocycles. The number of rotatable bonds is 7. The Morgan fingerprint density at radius 3 is 2.56 bits per heavy atom. The van der Waals surface area contributed by atoms with Gasteiger partial charge in [-0.05, 0) is 37.6 Å². The monoisotopic (exact) mass is 390 g/mol. The number of nitrogens with zero attached hydrogens (tertiary/aromatic N) is 2. The molecule has 0 radical (unpaired) electrons. The molecule has 136 valence electrons. The molecule has 2 rings (SSSR count). The van der Waals surface area contributed by atoms with E-state index in [0.717, 1.165) is 25.1 Å². The van der Waals surface area contributed by atoms with Gasteiger partial charge in [-0.15, -0.1) is 10.2 Å². The number of benzene rings is 1. The normalized spacial score (nSPS) is 12.7. The van der Waals surface area contributed by atoms with Crippen LogP contribution < -0.4 is 10.6 Å². The molecule has 1 atom stereocenters. The fourth-order valence-electron chi connectivity index (χ4n) is 1.75. The molecular formula is C15H17F3N4OS2. The van der Waals surface area contributed by atoms with Gasteiger partial charge in [0.2, 0.25) is 11.0 Å². The molecule has 1 aromatic heterocycles. The van der Waals surface area contributed by atoms with Crippen LogP contribution in [0.4, 0.5) is 24.0 Å². The van der Waals surface area contributed by atoms with Crippen LogP contribution in [0, 0.1) is 0 Å². The lowest BCUT2D eigenvalue weighted by molar-refractivity contribution is -0.137. The lowest BCUT2D eigenvalue weighted by Gasteiger charge is -2.11. The SMILES string of the molecule is CCCNc1nnc(S[C@@H](C)C(=O)Nc2ccc(C(F)(F)F)cc2)s1. The molecule has 1 amide bonds. The number of hydrogen-bond donors (Lipinski definition) is 2. The standard InChI is InChI=1S/C15H17F3N4OS2/c1-3-8-19-13-21-22-14(25-13)24-9(2)12(23)20-11-6-4-10(5-7-11)15(16,17)18/h4-7,9H,3,8H2,1-2H3,(H,19,21)(H,20,23)/t9-/m0/s1. The Morgan fingerprint density at radius 2 is 1.96 bits per heavy atom. The summed E-state index contributed by atoms with van der Waals surface area (Å²) in [6.45, 7) is 4.53. The third-order valence-electron chi connectivity index (χ3n) is 3.06. The van der Waals surface area contributed by atoms with Crippen molar-refractivity contribution in [3.05, 3.63) is 29.8 Å². The molecule has 0 unspecified atom stereocenters. The molecular weight excluding hydrogens is 373 g/mol. The van der Waals surface area contributed by atoms with Gasteiger partial charge in [0.05, 0.1) is 10.8 Å². The van der Waals surface area contributed by atoms with E-state index >= 15 is 0 Å². The molecule has 0 aliphatic carbocycles. The van der Waals surface area contributed by atoms with Crippen molar-refractivity contribution in [1.29, 1.82) is 0 Å². The molecule has 25 heavy (non-hydrogen) atoms. The maximum atomic E-state index is 12.5. The van der Waals surface area contributed by atoms with Gasteiger partial charge in [0.15, 0.2) is 4.34 Å². The highest BCUT2D eigenvalue weighted by Gasteiger charge is 2.30. The number of nitrogens with one attached hydrogen (secondary N) is 2. The van der Waals surface area contributed by atoms with Crippen molar-refractivity contribution in [1.82, 2.24) is 10.2 Å². The van der Waals surface area contributed by atoms with Gasteiger partial charge < -0.3 is 10.6 Å². The van der Waals surface area contributed by atoms with Crippen LogP contribution in [0.15, 0.2) is 28.6 Å². The van der Waals surface area contributed by atoms with E-state index in [0.29, 0.717) is 15.2 Å². The lowest BCUT2D eigenvalue weighted by atomic mass is 10.2. The highest BCUT2D eigenvalue weighted by atomic mass is 32.2. The minimum Gasteiger partial charge on any atom is -0.360 e. The Bertz CT molecular complexity index is 704. The van der Waals surface area contributed by atoms with E-state index < -0.39 is 17.0 Å². The topological polar surface area (TPSA) is 66.9 Å². The molecule has 2 aromatic rings. The number of anilines is 2. The first-order valence-electron chi connectivity index (χ1n) is 7.51. The quantitative estimate of drug-likeness (QED) is 0.682. The van der Waals surface area contributed by atoms with Crippen LogP contribution >= 0.6 is 23.1 Å². The van der Waals surface area contributed by atoms with E-state index in [1.54, 1.807) is 6.92 Å². The van der Waals surface area contributed by atoms with Gasteiger partial charge in [0, 0.05) is 12.2 Å². The van der Waals surface area contributed by atoms with Gasteiger partial charge in [-0.1, -0.05) is 30.0 Å². The highest BCUT2D eigenvalue weighted by Crippen LogP contribution is 2.31. The van der Waals surface area contributed by atoms with Gasteiger partial charge >= 0.3 is 6.18 Å². The van der Waals surface area contributed by atoms with E-state index in [9.17, 15) is 18.0 Å². The number of halogens is 3. The number of hydrogen-bond acceptors (Lipinski definition) is 6. The zero-order valence-electron chi connectivity index (χ0n) is 13.6. The Labute approximate surface area is 151 Å². The van der Waals surface area contributed by atoms with Gasteiger partial charge in [-0.25, -0.2) is 0 Å². The number of alkyl halides is 3. The van der Waals surface area contributed by atoms with Crippen LogP contribution in [0.2, 0.25) is 0 Å². The Balaban J connectivity index is 1.90. The molecule has 5 nitrogen and oxygen atoms in total. The molecule has 0 fully saturated rings. The fourth-order valence-corrected chi connectivity index (χ4v) is 3.67. The van der Waals surface area contributed by atoms with Crippen LogP contribution in [-0.2, 0) is 11.0 Å². The second-order valence-corrected chi connectivity index (χ2v) is 7.69. The van der Waals surface area contributed by atoms with Crippen molar-refractivity contribution < 1.29 is 18.0 Å². The summed E-state index contributed by atoms with van der Waals surface area (Å²) in [4.78, 5) is 12.2. The summed E-state index contributed by atoms with van der Waals surface area (Å²) >= 11 is 2.60. The largest absolute Gasteiger partial charge is 0.416 e. The summed E-state index contributed by atoms with van der Waals surface area (Å²) in [7, 11) is 0. The van der Waals surface area contributed by atoms with Crippen LogP contribution in [0.25, 0.3) is 0 Å². The predicted octanol–water partition coefficient (Wildman–Crippen LogP) is 4.50. The molecule has 0 spiro atoms. The molecule has 0 aliphatic rings. The third kappa shape index (κ3) is 5.89. The minimum atomic E-state index is -4.40.